The van der Waals surface area contributed by atoms with Crippen molar-refractivity contribution in [2.24, 2.45) is 5.73 Å². The molecule has 2 aromatic rings. The lowest BCUT2D eigenvalue weighted by atomic mass is 9.94. The number of hydrogen-bond acceptors (Lipinski definition) is 3. The maximum Gasteiger partial charge on any atom is 0.226 e. The summed E-state index contributed by atoms with van der Waals surface area (Å²) in [4.78, 5) is 16.5. The number of nitrogens with one attached hydrogen (secondary N) is 1. The summed E-state index contributed by atoms with van der Waals surface area (Å²) in [5.74, 6) is -0.0208. The zero-order valence-corrected chi connectivity index (χ0v) is 11.4. The fraction of sp³-hybridized carbons (Fsp3) is 0.375. The highest BCUT2D eigenvalue weighted by Crippen LogP contribution is 2.30. The van der Waals surface area contributed by atoms with Gasteiger partial charge in [-0.25, -0.2) is 0 Å². The van der Waals surface area contributed by atoms with Crippen molar-refractivity contribution in [3.05, 3.63) is 36.5 Å². The summed E-state index contributed by atoms with van der Waals surface area (Å²) < 4.78 is 0. The van der Waals surface area contributed by atoms with Crippen molar-refractivity contribution in [1.82, 2.24) is 4.98 Å². The number of benzene rings is 1. The first kappa shape index (κ1) is 13.1. The maximum atomic E-state index is 12.2. The number of nitrogens with zero attached hydrogens (tertiary/aromatic N) is 1. The average Bonchev–Trinajstić information content (AvgIpc) is 2.85. The summed E-state index contributed by atoms with van der Waals surface area (Å²) in [5, 5.41) is 3.98. The van der Waals surface area contributed by atoms with Crippen LogP contribution in [-0.2, 0) is 4.79 Å². The Morgan fingerprint density at radius 2 is 2.00 bits per heavy atom. The number of carbonyl (C=O) groups excluding carboxylic acids is 1. The van der Waals surface area contributed by atoms with Crippen molar-refractivity contribution in [2.75, 3.05) is 5.32 Å². The zero-order chi connectivity index (χ0) is 14.0. The Morgan fingerprint density at radius 1 is 1.25 bits per heavy atom. The van der Waals surface area contributed by atoms with E-state index in [1.807, 2.05) is 30.3 Å². The highest BCUT2D eigenvalue weighted by molar-refractivity contribution is 6.00. The first-order chi connectivity index (χ1) is 9.66. The molecule has 1 heterocycles. The molecule has 1 saturated carbocycles. The van der Waals surface area contributed by atoms with Crippen LogP contribution in [0.1, 0.15) is 32.1 Å². The van der Waals surface area contributed by atoms with Gasteiger partial charge in [-0.05, 0) is 25.0 Å². The molecule has 1 amide bonds. The third-order valence-electron chi connectivity index (χ3n) is 4.02. The lowest BCUT2D eigenvalue weighted by Crippen LogP contribution is -2.40. The predicted octanol–water partition coefficient (Wildman–Crippen LogP) is 2.83. The minimum atomic E-state index is -0.317. The number of fused-ring (bicyclic) bond motifs is 1. The molecule has 4 nitrogen and oxygen atoms in total. The zero-order valence-electron chi connectivity index (χ0n) is 11.4. The molecule has 3 N–H and O–H groups in total. The van der Waals surface area contributed by atoms with Gasteiger partial charge in [-0.1, -0.05) is 31.0 Å². The molecule has 20 heavy (non-hydrogen) atoms. The molecule has 0 spiro atoms. The number of nitrogens with two attached hydrogens (primary N) is 1. The van der Waals surface area contributed by atoms with E-state index in [-0.39, 0.29) is 11.4 Å². The Bertz CT molecular complexity index is 627. The number of hydrogen-bond donors (Lipinski definition) is 2. The van der Waals surface area contributed by atoms with Crippen molar-refractivity contribution in [2.45, 2.75) is 37.6 Å². The van der Waals surface area contributed by atoms with Crippen LogP contribution in [-0.4, -0.2) is 16.4 Å². The topological polar surface area (TPSA) is 68.0 Å². The average molecular weight is 269 g/mol. The van der Waals surface area contributed by atoms with Crippen molar-refractivity contribution in [1.29, 1.82) is 0 Å². The molecule has 0 aliphatic heterocycles. The number of amides is 1. The van der Waals surface area contributed by atoms with Gasteiger partial charge in [0.25, 0.3) is 0 Å². The molecule has 0 bridgehead atoms. The van der Waals surface area contributed by atoms with Crippen LogP contribution in [0.2, 0.25) is 0 Å². The smallest absolute Gasteiger partial charge is 0.226 e. The van der Waals surface area contributed by atoms with E-state index < -0.39 is 0 Å². The molecule has 104 valence electrons. The molecule has 3 rings (SSSR count). The molecule has 0 atom stereocenters. The van der Waals surface area contributed by atoms with E-state index in [4.69, 9.17) is 5.73 Å². The fourth-order valence-electron chi connectivity index (χ4n) is 2.98. The van der Waals surface area contributed by atoms with Crippen LogP contribution in [0.15, 0.2) is 36.5 Å². The van der Waals surface area contributed by atoms with Gasteiger partial charge in [0.1, 0.15) is 0 Å². The van der Waals surface area contributed by atoms with Gasteiger partial charge in [-0.3, -0.25) is 9.78 Å². The molecule has 1 aliphatic carbocycles. The van der Waals surface area contributed by atoms with Gasteiger partial charge in [0.15, 0.2) is 0 Å². The van der Waals surface area contributed by atoms with Gasteiger partial charge < -0.3 is 11.1 Å². The van der Waals surface area contributed by atoms with Crippen molar-refractivity contribution < 1.29 is 4.79 Å². The lowest BCUT2D eigenvalue weighted by molar-refractivity contribution is -0.117. The van der Waals surface area contributed by atoms with Crippen LogP contribution in [0.25, 0.3) is 10.9 Å². The second kappa shape index (κ2) is 5.21. The second-order valence-corrected chi connectivity index (χ2v) is 5.68. The van der Waals surface area contributed by atoms with Gasteiger partial charge in [-0.2, -0.15) is 0 Å². The molecule has 1 aliphatic rings. The molecule has 1 aromatic carbocycles. The number of carbonyl (C=O) groups is 1. The number of aromatic nitrogens is 1. The van der Waals surface area contributed by atoms with Crippen LogP contribution in [0.3, 0.4) is 0 Å². The number of pyridine rings is 1. The first-order valence-corrected chi connectivity index (χ1v) is 7.09. The Balaban J connectivity index is 1.77. The van der Waals surface area contributed by atoms with E-state index in [0.717, 1.165) is 42.3 Å². The van der Waals surface area contributed by atoms with E-state index in [9.17, 15) is 4.79 Å². The second-order valence-electron chi connectivity index (χ2n) is 5.68. The molecule has 1 fully saturated rings. The van der Waals surface area contributed by atoms with Crippen LogP contribution in [0.5, 0.6) is 0 Å². The summed E-state index contributed by atoms with van der Waals surface area (Å²) in [6, 6.07) is 9.67. The van der Waals surface area contributed by atoms with E-state index in [2.05, 4.69) is 10.3 Å². The van der Waals surface area contributed by atoms with Gasteiger partial charge in [0, 0.05) is 23.5 Å². The Morgan fingerprint density at radius 3 is 2.80 bits per heavy atom. The summed E-state index contributed by atoms with van der Waals surface area (Å²) in [6.07, 6.45) is 6.25. The lowest BCUT2D eigenvalue weighted by Gasteiger charge is -2.22. The summed E-state index contributed by atoms with van der Waals surface area (Å²) >= 11 is 0. The highest BCUT2D eigenvalue weighted by Gasteiger charge is 2.31. The van der Waals surface area contributed by atoms with Crippen LogP contribution in [0, 0.1) is 0 Å². The van der Waals surface area contributed by atoms with Crippen LogP contribution in [0.4, 0.5) is 5.69 Å². The van der Waals surface area contributed by atoms with Gasteiger partial charge in [-0.15, -0.1) is 0 Å². The van der Waals surface area contributed by atoms with E-state index in [1.165, 1.54) is 0 Å². The fourth-order valence-corrected chi connectivity index (χ4v) is 2.98. The minimum Gasteiger partial charge on any atom is -0.325 e. The van der Waals surface area contributed by atoms with Crippen LogP contribution >= 0.6 is 0 Å². The third kappa shape index (κ3) is 2.65. The first-order valence-electron chi connectivity index (χ1n) is 7.09. The summed E-state index contributed by atoms with van der Waals surface area (Å²) in [7, 11) is 0. The van der Waals surface area contributed by atoms with Crippen molar-refractivity contribution in [3.8, 4) is 0 Å². The SMILES string of the molecule is NC1(CC(=O)Nc2cccc3cccnc23)CCCC1. The van der Waals surface area contributed by atoms with Crippen LogP contribution < -0.4 is 11.1 Å². The standard InChI is InChI=1S/C16H19N3O/c17-16(8-1-2-9-16)11-14(20)19-13-7-3-5-12-6-4-10-18-15(12)13/h3-7,10H,1-2,8-9,11,17H2,(H,19,20). The predicted molar refractivity (Wildman–Crippen MR) is 80.4 cm³/mol. The molecule has 1 aromatic heterocycles. The molecule has 0 radical (unpaired) electrons. The number of anilines is 1. The maximum absolute atomic E-state index is 12.2. The largest absolute Gasteiger partial charge is 0.325 e. The van der Waals surface area contributed by atoms with E-state index in [1.54, 1.807) is 6.20 Å². The van der Waals surface area contributed by atoms with E-state index >= 15 is 0 Å². The van der Waals surface area contributed by atoms with Gasteiger partial charge in [0.2, 0.25) is 5.91 Å². The quantitative estimate of drug-likeness (QED) is 0.900. The molecule has 0 saturated heterocycles. The van der Waals surface area contributed by atoms with Crippen molar-refractivity contribution in [3.63, 3.8) is 0 Å². The minimum absolute atomic E-state index is 0.0208. The number of para-hydroxylation sites is 1. The van der Waals surface area contributed by atoms with Gasteiger partial charge in [0.05, 0.1) is 11.2 Å². The normalized spacial score (nSPS) is 17.2. The molecular formula is C16H19N3O. The van der Waals surface area contributed by atoms with E-state index in [0.29, 0.717) is 6.42 Å². The number of rotatable bonds is 3. The Labute approximate surface area is 118 Å². The van der Waals surface area contributed by atoms with Gasteiger partial charge >= 0.3 is 0 Å². The highest BCUT2D eigenvalue weighted by atomic mass is 16.1. The van der Waals surface area contributed by atoms with Crippen molar-refractivity contribution >= 4 is 22.5 Å². The third-order valence-corrected chi connectivity index (χ3v) is 4.02. The summed E-state index contributed by atoms with van der Waals surface area (Å²) in [5.41, 5.74) is 7.51. The molecule has 4 heteroatoms. The Kier molecular flexibility index (Phi) is 3.40. The molecule has 0 unspecified atom stereocenters. The monoisotopic (exact) mass is 269 g/mol. The Hall–Kier alpha value is -1.94. The summed E-state index contributed by atoms with van der Waals surface area (Å²) in [6.45, 7) is 0. The molecular weight excluding hydrogens is 250 g/mol.